The van der Waals surface area contributed by atoms with Gasteiger partial charge in [0.2, 0.25) is 0 Å². The normalized spacial score (nSPS) is 12.6. The van der Waals surface area contributed by atoms with Crippen molar-refractivity contribution < 1.29 is 5.11 Å². The van der Waals surface area contributed by atoms with Crippen molar-refractivity contribution in [2.45, 2.75) is 12.3 Å². The van der Waals surface area contributed by atoms with Gasteiger partial charge in [0.05, 0.1) is 12.3 Å². The first-order valence-corrected chi connectivity index (χ1v) is 5.91. The molecule has 0 aliphatic carbocycles. The number of rotatable bonds is 4. The molecule has 4 heteroatoms. The second kappa shape index (κ2) is 5.34. The lowest BCUT2D eigenvalue weighted by atomic mass is 9.95. The van der Waals surface area contributed by atoms with Crippen LogP contribution in [0.5, 0.6) is 0 Å². The van der Waals surface area contributed by atoms with E-state index < -0.39 is 0 Å². The summed E-state index contributed by atoms with van der Waals surface area (Å²) in [5, 5.41) is 14.5. The predicted molar refractivity (Wildman–Crippen MR) is 68.2 cm³/mol. The Hall–Kier alpha value is -1.32. The monoisotopic (exact) mass is 250 g/mol. The highest BCUT2D eigenvalue weighted by atomic mass is 35.5. The molecule has 0 fully saturated rings. The van der Waals surface area contributed by atoms with Crippen LogP contribution in [0.25, 0.3) is 0 Å². The van der Waals surface area contributed by atoms with Gasteiger partial charge in [-0.2, -0.15) is 5.10 Å². The van der Waals surface area contributed by atoms with Crippen molar-refractivity contribution in [1.82, 2.24) is 9.78 Å². The highest BCUT2D eigenvalue weighted by molar-refractivity contribution is 6.30. The molecule has 1 heterocycles. The molecule has 90 valence electrons. The van der Waals surface area contributed by atoms with Crippen LogP contribution in [0.2, 0.25) is 5.02 Å². The fourth-order valence-corrected chi connectivity index (χ4v) is 1.97. The highest BCUT2D eigenvalue weighted by Crippen LogP contribution is 2.21. The Balaban J connectivity index is 2.13. The van der Waals surface area contributed by atoms with E-state index in [-0.39, 0.29) is 12.5 Å². The SMILES string of the molecule is Cn1ccc(CC(CO)c2ccc(Cl)cc2)n1. The Bertz CT molecular complexity index is 478. The van der Waals surface area contributed by atoms with Crippen molar-refractivity contribution >= 4 is 11.6 Å². The summed E-state index contributed by atoms with van der Waals surface area (Å²) in [5.41, 5.74) is 2.07. The summed E-state index contributed by atoms with van der Waals surface area (Å²) in [7, 11) is 1.89. The zero-order valence-electron chi connectivity index (χ0n) is 9.68. The van der Waals surface area contributed by atoms with Crippen molar-refractivity contribution in [3.63, 3.8) is 0 Å². The molecule has 0 amide bonds. The van der Waals surface area contributed by atoms with E-state index in [2.05, 4.69) is 5.10 Å². The maximum atomic E-state index is 9.45. The van der Waals surface area contributed by atoms with E-state index in [4.69, 9.17) is 11.6 Å². The van der Waals surface area contributed by atoms with Crippen LogP contribution in [0.3, 0.4) is 0 Å². The zero-order valence-corrected chi connectivity index (χ0v) is 10.4. The maximum Gasteiger partial charge on any atom is 0.0631 e. The van der Waals surface area contributed by atoms with Crippen molar-refractivity contribution in [3.8, 4) is 0 Å². The predicted octanol–water partition coefficient (Wildman–Crippen LogP) is 2.39. The summed E-state index contributed by atoms with van der Waals surface area (Å²) in [5.74, 6) is 0.0715. The van der Waals surface area contributed by atoms with Gasteiger partial charge in [-0.05, 0) is 23.8 Å². The Morgan fingerprint density at radius 1 is 1.29 bits per heavy atom. The van der Waals surface area contributed by atoms with Crippen LogP contribution in [-0.4, -0.2) is 21.5 Å². The lowest BCUT2D eigenvalue weighted by Gasteiger charge is -2.13. The van der Waals surface area contributed by atoms with E-state index in [9.17, 15) is 5.11 Å². The number of hydrogen-bond acceptors (Lipinski definition) is 2. The number of benzene rings is 1. The smallest absolute Gasteiger partial charge is 0.0631 e. The molecule has 1 unspecified atom stereocenters. The van der Waals surface area contributed by atoms with Crippen molar-refractivity contribution in [2.75, 3.05) is 6.61 Å². The molecule has 2 rings (SSSR count). The second-order valence-corrected chi connectivity index (χ2v) is 4.55. The second-order valence-electron chi connectivity index (χ2n) is 4.12. The quantitative estimate of drug-likeness (QED) is 0.905. The Kier molecular flexibility index (Phi) is 3.82. The van der Waals surface area contributed by atoms with Gasteiger partial charge in [-0.1, -0.05) is 23.7 Å². The van der Waals surface area contributed by atoms with Crippen LogP contribution in [0, 0.1) is 0 Å². The molecule has 0 saturated carbocycles. The molecular weight excluding hydrogens is 236 g/mol. The van der Waals surface area contributed by atoms with Crippen molar-refractivity contribution in [3.05, 3.63) is 52.8 Å². The van der Waals surface area contributed by atoms with Crippen molar-refractivity contribution in [2.24, 2.45) is 7.05 Å². The third-order valence-corrected chi connectivity index (χ3v) is 3.04. The van der Waals surface area contributed by atoms with Gasteiger partial charge in [-0.25, -0.2) is 0 Å². The van der Waals surface area contributed by atoms with Crippen LogP contribution < -0.4 is 0 Å². The molecule has 0 aliphatic rings. The number of aliphatic hydroxyl groups is 1. The van der Waals surface area contributed by atoms with E-state index in [0.717, 1.165) is 17.7 Å². The van der Waals surface area contributed by atoms with Gasteiger partial charge in [0.15, 0.2) is 0 Å². The van der Waals surface area contributed by atoms with Crippen LogP contribution in [0.1, 0.15) is 17.2 Å². The fourth-order valence-electron chi connectivity index (χ4n) is 1.85. The molecule has 1 aromatic heterocycles. The molecule has 1 aromatic carbocycles. The molecule has 1 N–H and O–H groups in total. The van der Waals surface area contributed by atoms with Crippen LogP contribution in [0.4, 0.5) is 0 Å². The van der Waals surface area contributed by atoms with Crippen molar-refractivity contribution in [1.29, 1.82) is 0 Å². The molecule has 0 spiro atoms. The molecule has 0 radical (unpaired) electrons. The average Bonchev–Trinajstić information content (AvgIpc) is 2.73. The van der Waals surface area contributed by atoms with Gasteiger partial charge < -0.3 is 5.11 Å². The van der Waals surface area contributed by atoms with Gasteiger partial charge in [0, 0.05) is 30.6 Å². The summed E-state index contributed by atoms with van der Waals surface area (Å²) in [6.45, 7) is 0.109. The summed E-state index contributed by atoms with van der Waals surface area (Å²) >= 11 is 5.84. The third-order valence-electron chi connectivity index (χ3n) is 2.79. The fraction of sp³-hybridized carbons (Fsp3) is 0.308. The minimum absolute atomic E-state index is 0.0715. The Morgan fingerprint density at radius 3 is 2.53 bits per heavy atom. The Morgan fingerprint density at radius 2 is 2.00 bits per heavy atom. The highest BCUT2D eigenvalue weighted by Gasteiger charge is 2.12. The largest absolute Gasteiger partial charge is 0.396 e. The van der Waals surface area contributed by atoms with Gasteiger partial charge in [-0.3, -0.25) is 4.68 Å². The number of aryl methyl sites for hydroxylation is 1. The van der Waals surface area contributed by atoms with E-state index in [0.29, 0.717) is 5.02 Å². The van der Waals surface area contributed by atoms with Gasteiger partial charge in [0.1, 0.15) is 0 Å². The van der Waals surface area contributed by atoms with Gasteiger partial charge in [-0.15, -0.1) is 0 Å². The summed E-state index contributed by atoms with van der Waals surface area (Å²) in [4.78, 5) is 0. The third kappa shape index (κ3) is 3.08. The van der Waals surface area contributed by atoms with E-state index in [1.807, 2.05) is 43.6 Å². The summed E-state index contributed by atoms with van der Waals surface area (Å²) in [6, 6.07) is 9.56. The molecule has 1 atom stereocenters. The molecule has 2 aromatic rings. The lowest BCUT2D eigenvalue weighted by Crippen LogP contribution is -2.08. The van der Waals surface area contributed by atoms with Crippen LogP contribution in [-0.2, 0) is 13.5 Å². The average molecular weight is 251 g/mol. The van der Waals surface area contributed by atoms with Gasteiger partial charge in [0.25, 0.3) is 0 Å². The van der Waals surface area contributed by atoms with Crippen LogP contribution in [0.15, 0.2) is 36.5 Å². The summed E-state index contributed by atoms with van der Waals surface area (Å²) in [6.07, 6.45) is 2.64. The standard InChI is InChI=1S/C13H15ClN2O/c1-16-7-6-13(15-16)8-11(9-17)10-2-4-12(14)5-3-10/h2-7,11,17H,8-9H2,1H3. The molecule has 0 aliphatic heterocycles. The molecule has 17 heavy (non-hydrogen) atoms. The summed E-state index contributed by atoms with van der Waals surface area (Å²) < 4.78 is 1.77. The van der Waals surface area contributed by atoms with E-state index in [1.165, 1.54) is 0 Å². The molecular formula is C13H15ClN2O. The Labute approximate surface area is 106 Å². The molecule has 0 bridgehead atoms. The van der Waals surface area contributed by atoms with E-state index in [1.54, 1.807) is 4.68 Å². The number of nitrogens with zero attached hydrogens (tertiary/aromatic N) is 2. The topological polar surface area (TPSA) is 38.0 Å². The first-order valence-electron chi connectivity index (χ1n) is 5.54. The maximum absolute atomic E-state index is 9.45. The minimum Gasteiger partial charge on any atom is -0.396 e. The van der Waals surface area contributed by atoms with Crippen LogP contribution >= 0.6 is 11.6 Å². The zero-order chi connectivity index (χ0) is 12.3. The van der Waals surface area contributed by atoms with E-state index >= 15 is 0 Å². The van der Waals surface area contributed by atoms with Gasteiger partial charge >= 0.3 is 0 Å². The number of aliphatic hydroxyl groups excluding tert-OH is 1. The first-order chi connectivity index (χ1) is 8.19. The first kappa shape index (κ1) is 12.1. The lowest BCUT2D eigenvalue weighted by molar-refractivity contribution is 0.263. The molecule has 3 nitrogen and oxygen atoms in total. The number of aromatic nitrogens is 2. The number of halogens is 1. The minimum atomic E-state index is 0.0715. The molecule has 0 saturated heterocycles. The number of hydrogen-bond donors (Lipinski definition) is 1.